The Morgan fingerprint density at radius 3 is 2.71 bits per heavy atom. The molecule has 2 aromatic heterocycles. The number of aliphatic hydroxyl groups excluding tert-OH is 1. The molecule has 0 saturated carbocycles. The van der Waals surface area contributed by atoms with Gasteiger partial charge in [0.15, 0.2) is 6.10 Å². The van der Waals surface area contributed by atoms with Crippen molar-refractivity contribution in [3.05, 3.63) is 56.9 Å². The molecule has 1 aromatic carbocycles. The van der Waals surface area contributed by atoms with E-state index in [1.165, 1.54) is 4.57 Å². The van der Waals surface area contributed by atoms with Crippen molar-refractivity contribution < 1.29 is 19.4 Å². The molecule has 2 aliphatic heterocycles. The monoisotopic (exact) mass is 421 g/mol. The Morgan fingerprint density at radius 2 is 2.00 bits per heavy atom. The Bertz CT molecular complexity index is 1280. The maximum atomic E-state index is 13.2. The van der Waals surface area contributed by atoms with Gasteiger partial charge in [-0.3, -0.25) is 9.59 Å². The molecule has 2 aliphatic rings. The quantitative estimate of drug-likeness (QED) is 0.389. The van der Waals surface area contributed by atoms with Crippen LogP contribution in [-0.2, 0) is 33.9 Å². The first kappa shape index (κ1) is 20.7. The first-order chi connectivity index (χ1) is 15.1. The summed E-state index contributed by atoms with van der Waals surface area (Å²) in [4.78, 5) is 41.3. The van der Waals surface area contributed by atoms with Gasteiger partial charge in [-0.15, -0.1) is 0 Å². The van der Waals surface area contributed by atoms with Crippen LogP contribution in [0.25, 0.3) is 22.3 Å². The molecular formula is C23H23N3O5. The van der Waals surface area contributed by atoms with E-state index in [-0.39, 0.29) is 29.0 Å². The minimum absolute atomic E-state index is 0.0884. The third-order valence-electron chi connectivity index (χ3n) is 5.67. The molecule has 0 radical (unpaired) electrons. The molecule has 0 bridgehead atoms. The van der Waals surface area contributed by atoms with Crippen molar-refractivity contribution in [2.45, 2.75) is 46.4 Å². The van der Waals surface area contributed by atoms with Crippen molar-refractivity contribution in [3.63, 3.8) is 0 Å². The second kappa shape index (κ2) is 7.96. The SMILES string of the molecule is CC.CCc1c2c(nc3ccccc13)-c1c(NC=O)c3c(c(=O)n1C2)COC(=O)C3O. The van der Waals surface area contributed by atoms with Gasteiger partial charge < -0.3 is 19.7 Å². The summed E-state index contributed by atoms with van der Waals surface area (Å²) >= 11 is 0. The van der Waals surface area contributed by atoms with E-state index in [9.17, 15) is 19.5 Å². The molecule has 8 nitrogen and oxygen atoms in total. The van der Waals surface area contributed by atoms with Gasteiger partial charge in [0.05, 0.1) is 34.7 Å². The summed E-state index contributed by atoms with van der Waals surface area (Å²) < 4.78 is 6.48. The number of hydrogen-bond donors (Lipinski definition) is 2. The zero-order valence-corrected chi connectivity index (χ0v) is 17.6. The van der Waals surface area contributed by atoms with E-state index in [2.05, 4.69) is 5.32 Å². The number of aromatic nitrogens is 2. The summed E-state index contributed by atoms with van der Waals surface area (Å²) in [5, 5.41) is 14.0. The minimum atomic E-state index is -1.64. The lowest BCUT2D eigenvalue weighted by Gasteiger charge is -2.25. The number of amides is 1. The third-order valence-corrected chi connectivity index (χ3v) is 5.67. The largest absolute Gasteiger partial charge is 0.458 e. The molecule has 2 N–H and O–H groups in total. The fraction of sp³-hybridized carbons (Fsp3) is 0.304. The van der Waals surface area contributed by atoms with Crippen LogP contribution in [0.3, 0.4) is 0 Å². The number of carbonyl (C=O) groups excluding carboxylic acids is 2. The highest BCUT2D eigenvalue weighted by Crippen LogP contribution is 2.43. The number of anilines is 1. The Labute approximate surface area is 178 Å². The molecule has 0 aliphatic carbocycles. The van der Waals surface area contributed by atoms with E-state index in [0.717, 1.165) is 28.5 Å². The number of benzene rings is 1. The fourth-order valence-corrected chi connectivity index (χ4v) is 4.42. The van der Waals surface area contributed by atoms with Gasteiger partial charge in [-0.1, -0.05) is 39.0 Å². The molecular weight excluding hydrogens is 398 g/mol. The Balaban J connectivity index is 0.00000112. The predicted molar refractivity (Wildman–Crippen MR) is 116 cm³/mol. The third kappa shape index (κ3) is 2.94. The molecule has 0 fully saturated rings. The van der Waals surface area contributed by atoms with E-state index in [4.69, 9.17) is 9.72 Å². The standard InChI is InChI=1S/C21H17N3O5.C2H6/c1-2-10-11-5-3-4-6-14(11)23-16-12(10)7-24-18(16)17(22-9-25)15-13(20(24)27)8-29-21(28)19(15)26;1-2/h3-6,9,19,26H,2,7-8H2,1H3,(H,22,25);1-2H3. The lowest BCUT2D eigenvalue weighted by molar-refractivity contribution is -0.157. The van der Waals surface area contributed by atoms with Crippen LogP contribution in [0, 0.1) is 0 Å². The van der Waals surface area contributed by atoms with Crippen molar-refractivity contribution in [1.29, 1.82) is 0 Å². The van der Waals surface area contributed by atoms with Crippen molar-refractivity contribution in [1.82, 2.24) is 9.55 Å². The number of cyclic esters (lactones) is 1. The summed E-state index contributed by atoms with van der Waals surface area (Å²) in [6.07, 6.45) is -0.433. The molecule has 0 saturated heterocycles. The van der Waals surface area contributed by atoms with Gasteiger partial charge in [-0.05, 0) is 18.1 Å². The molecule has 160 valence electrons. The number of para-hydroxylation sites is 1. The minimum Gasteiger partial charge on any atom is -0.458 e. The van der Waals surface area contributed by atoms with Crippen LogP contribution in [0.15, 0.2) is 29.1 Å². The Kier molecular flexibility index (Phi) is 5.32. The van der Waals surface area contributed by atoms with Crippen LogP contribution in [0.2, 0.25) is 0 Å². The van der Waals surface area contributed by atoms with E-state index >= 15 is 0 Å². The van der Waals surface area contributed by atoms with Crippen molar-refractivity contribution in [2.24, 2.45) is 0 Å². The molecule has 3 aromatic rings. The van der Waals surface area contributed by atoms with Crippen LogP contribution in [0.5, 0.6) is 0 Å². The molecule has 1 atom stereocenters. The molecule has 4 heterocycles. The van der Waals surface area contributed by atoms with Crippen molar-refractivity contribution in [3.8, 4) is 11.4 Å². The zero-order chi connectivity index (χ0) is 22.3. The number of esters is 1. The molecule has 1 amide bonds. The van der Waals surface area contributed by atoms with Gasteiger partial charge in [0, 0.05) is 16.5 Å². The summed E-state index contributed by atoms with van der Waals surface area (Å²) in [5.41, 5.74) is 3.87. The first-order valence-corrected chi connectivity index (χ1v) is 10.3. The summed E-state index contributed by atoms with van der Waals surface area (Å²) in [6.45, 7) is 6.10. The summed E-state index contributed by atoms with van der Waals surface area (Å²) in [5.74, 6) is -0.852. The van der Waals surface area contributed by atoms with Crippen LogP contribution in [0.1, 0.15) is 49.1 Å². The smallest absolute Gasteiger partial charge is 0.340 e. The molecule has 5 rings (SSSR count). The van der Waals surface area contributed by atoms with Crippen LogP contribution in [-0.4, -0.2) is 27.0 Å². The average Bonchev–Trinajstić information content (AvgIpc) is 3.17. The highest BCUT2D eigenvalue weighted by molar-refractivity contribution is 5.95. The average molecular weight is 421 g/mol. The molecule has 31 heavy (non-hydrogen) atoms. The fourth-order valence-electron chi connectivity index (χ4n) is 4.42. The lowest BCUT2D eigenvalue weighted by atomic mass is 9.96. The number of pyridine rings is 2. The molecule has 1 unspecified atom stereocenters. The number of aryl methyl sites for hydroxylation is 1. The van der Waals surface area contributed by atoms with E-state index in [1.807, 2.05) is 45.0 Å². The van der Waals surface area contributed by atoms with Crippen molar-refractivity contribution in [2.75, 3.05) is 5.32 Å². The van der Waals surface area contributed by atoms with E-state index in [1.54, 1.807) is 0 Å². The number of fused-ring (bicyclic) bond motifs is 5. The summed E-state index contributed by atoms with van der Waals surface area (Å²) in [7, 11) is 0. The first-order valence-electron chi connectivity index (χ1n) is 10.3. The van der Waals surface area contributed by atoms with E-state index < -0.39 is 12.1 Å². The molecule has 8 heteroatoms. The normalized spacial score (nSPS) is 15.9. The Morgan fingerprint density at radius 1 is 1.26 bits per heavy atom. The highest BCUT2D eigenvalue weighted by atomic mass is 16.5. The van der Waals surface area contributed by atoms with Gasteiger partial charge in [0.1, 0.15) is 6.61 Å². The number of nitrogens with one attached hydrogen (secondary N) is 1. The van der Waals surface area contributed by atoms with E-state index in [0.29, 0.717) is 24.3 Å². The topological polar surface area (TPSA) is 111 Å². The molecule has 0 spiro atoms. The number of nitrogens with zero attached hydrogens (tertiary/aromatic N) is 2. The Hall–Kier alpha value is -3.52. The van der Waals surface area contributed by atoms with Gasteiger partial charge in [-0.25, -0.2) is 9.78 Å². The predicted octanol–water partition coefficient (Wildman–Crippen LogP) is 2.67. The lowest BCUT2D eigenvalue weighted by Crippen LogP contribution is -2.34. The zero-order valence-electron chi connectivity index (χ0n) is 17.6. The highest BCUT2D eigenvalue weighted by Gasteiger charge is 2.38. The van der Waals surface area contributed by atoms with Gasteiger partial charge in [-0.2, -0.15) is 0 Å². The number of hydrogen-bond acceptors (Lipinski definition) is 6. The van der Waals surface area contributed by atoms with Gasteiger partial charge in [0.2, 0.25) is 6.41 Å². The van der Waals surface area contributed by atoms with Crippen LogP contribution in [0.4, 0.5) is 5.69 Å². The number of ether oxygens (including phenoxy) is 1. The van der Waals surface area contributed by atoms with Gasteiger partial charge >= 0.3 is 5.97 Å². The van der Waals surface area contributed by atoms with Crippen LogP contribution >= 0.6 is 0 Å². The summed E-state index contributed by atoms with van der Waals surface area (Å²) in [6, 6.07) is 7.73. The van der Waals surface area contributed by atoms with Crippen molar-refractivity contribution >= 4 is 29.0 Å². The number of rotatable bonds is 3. The van der Waals surface area contributed by atoms with Gasteiger partial charge in [0.25, 0.3) is 5.56 Å². The number of aliphatic hydroxyl groups is 1. The maximum absolute atomic E-state index is 13.2. The maximum Gasteiger partial charge on any atom is 0.340 e. The van der Waals surface area contributed by atoms with Crippen LogP contribution < -0.4 is 10.9 Å². The second-order valence-corrected chi connectivity index (χ2v) is 7.07. The number of carbonyl (C=O) groups is 2. The second-order valence-electron chi connectivity index (χ2n) is 7.07.